The highest BCUT2D eigenvalue weighted by atomic mass is 16.5. The number of nitrogens with zero attached hydrogens (tertiary/aromatic N) is 1. The predicted molar refractivity (Wildman–Crippen MR) is 119 cm³/mol. The van der Waals surface area contributed by atoms with Crippen LogP contribution in [0.3, 0.4) is 0 Å². The highest BCUT2D eigenvalue weighted by Gasteiger charge is 2.17. The van der Waals surface area contributed by atoms with Gasteiger partial charge in [0, 0.05) is 25.1 Å². The van der Waals surface area contributed by atoms with Crippen LogP contribution in [-0.2, 0) is 9.59 Å². The van der Waals surface area contributed by atoms with Gasteiger partial charge in [-0.15, -0.1) is 0 Å². The standard InChI is InChI=1S/C24H27N3O4/c1-17(28)27-21(18-9-11-20(30-2)12-10-18)16-23(29)25-14-5-15-31-22-8-3-6-19-7-4-13-26-24(19)22/h3-4,6-13,21H,5,14-16H2,1-2H3,(H,25,29)(H,27,28). The van der Waals surface area contributed by atoms with Crippen molar-refractivity contribution in [1.29, 1.82) is 0 Å². The maximum atomic E-state index is 12.4. The van der Waals surface area contributed by atoms with Crippen molar-refractivity contribution >= 4 is 22.7 Å². The Morgan fingerprint density at radius 2 is 1.84 bits per heavy atom. The number of methoxy groups -OCH3 is 1. The van der Waals surface area contributed by atoms with E-state index in [1.165, 1.54) is 6.92 Å². The Morgan fingerprint density at radius 1 is 1.06 bits per heavy atom. The Morgan fingerprint density at radius 3 is 2.58 bits per heavy atom. The van der Waals surface area contributed by atoms with Gasteiger partial charge in [0.15, 0.2) is 0 Å². The molecule has 162 valence electrons. The summed E-state index contributed by atoms with van der Waals surface area (Å²) >= 11 is 0. The van der Waals surface area contributed by atoms with Crippen molar-refractivity contribution < 1.29 is 19.1 Å². The van der Waals surface area contributed by atoms with E-state index in [1.54, 1.807) is 13.3 Å². The number of fused-ring (bicyclic) bond motifs is 1. The Labute approximate surface area is 181 Å². The molecular weight excluding hydrogens is 394 g/mol. The van der Waals surface area contributed by atoms with Crippen LogP contribution in [0.4, 0.5) is 0 Å². The first-order chi connectivity index (χ1) is 15.1. The summed E-state index contributed by atoms with van der Waals surface area (Å²) < 4.78 is 11.0. The van der Waals surface area contributed by atoms with E-state index in [4.69, 9.17) is 9.47 Å². The van der Waals surface area contributed by atoms with Crippen LogP contribution in [0.1, 0.15) is 31.4 Å². The average Bonchev–Trinajstić information content (AvgIpc) is 2.78. The van der Waals surface area contributed by atoms with Crippen molar-refractivity contribution in [1.82, 2.24) is 15.6 Å². The molecule has 2 N–H and O–H groups in total. The van der Waals surface area contributed by atoms with Gasteiger partial charge in [-0.1, -0.05) is 30.3 Å². The molecule has 0 fully saturated rings. The molecule has 0 saturated heterocycles. The quantitative estimate of drug-likeness (QED) is 0.490. The fourth-order valence-electron chi connectivity index (χ4n) is 3.27. The van der Waals surface area contributed by atoms with Crippen LogP contribution >= 0.6 is 0 Å². The van der Waals surface area contributed by atoms with Gasteiger partial charge < -0.3 is 20.1 Å². The molecule has 3 aromatic rings. The second kappa shape index (κ2) is 11.0. The summed E-state index contributed by atoms with van der Waals surface area (Å²) in [6.07, 6.45) is 2.55. The summed E-state index contributed by atoms with van der Waals surface area (Å²) in [5.41, 5.74) is 1.67. The van der Waals surface area contributed by atoms with E-state index in [9.17, 15) is 9.59 Å². The molecule has 0 bridgehead atoms. The summed E-state index contributed by atoms with van der Waals surface area (Å²) in [5.74, 6) is 1.12. The number of aromatic nitrogens is 1. The number of hydrogen-bond acceptors (Lipinski definition) is 5. The van der Waals surface area contributed by atoms with E-state index in [2.05, 4.69) is 15.6 Å². The number of nitrogens with one attached hydrogen (secondary N) is 2. The number of carbonyl (C=O) groups is 2. The highest BCUT2D eigenvalue weighted by molar-refractivity contribution is 5.84. The lowest BCUT2D eigenvalue weighted by Gasteiger charge is -2.18. The van der Waals surface area contributed by atoms with Crippen molar-refractivity contribution in [2.75, 3.05) is 20.3 Å². The topological polar surface area (TPSA) is 89.6 Å². The molecule has 1 aromatic heterocycles. The molecule has 0 aliphatic carbocycles. The molecule has 0 saturated carbocycles. The van der Waals surface area contributed by atoms with Gasteiger partial charge in [-0.2, -0.15) is 0 Å². The zero-order valence-electron chi connectivity index (χ0n) is 17.8. The lowest BCUT2D eigenvalue weighted by atomic mass is 10.0. The van der Waals surface area contributed by atoms with Crippen LogP contribution in [0.15, 0.2) is 60.8 Å². The number of pyridine rings is 1. The normalized spacial score (nSPS) is 11.5. The minimum atomic E-state index is -0.401. The van der Waals surface area contributed by atoms with Crippen LogP contribution in [-0.4, -0.2) is 37.1 Å². The lowest BCUT2D eigenvalue weighted by Crippen LogP contribution is -2.33. The van der Waals surface area contributed by atoms with E-state index in [1.807, 2.05) is 54.6 Å². The fraction of sp³-hybridized carbons (Fsp3) is 0.292. The van der Waals surface area contributed by atoms with Crippen molar-refractivity contribution in [3.05, 3.63) is 66.4 Å². The molecular formula is C24H27N3O4. The van der Waals surface area contributed by atoms with Crippen molar-refractivity contribution in [3.63, 3.8) is 0 Å². The minimum Gasteiger partial charge on any atom is -0.497 e. The average molecular weight is 421 g/mol. The molecule has 7 nitrogen and oxygen atoms in total. The molecule has 1 heterocycles. The molecule has 3 rings (SSSR count). The first-order valence-corrected chi connectivity index (χ1v) is 10.2. The van der Waals surface area contributed by atoms with E-state index in [0.29, 0.717) is 19.6 Å². The highest BCUT2D eigenvalue weighted by Crippen LogP contribution is 2.23. The van der Waals surface area contributed by atoms with Gasteiger partial charge in [-0.3, -0.25) is 14.6 Å². The molecule has 31 heavy (non-hydrogen) atoms. The van der Waals surface area contributed by atoms with Gasteiger partial charge in [0.25, 0.3) is 0 Å². The lowest BCUT2D eigenvalue weighted by molar-refractivity contribution is -0.122. The first kappa shape index (κ1) is 22.1. The van der Waals surface area contributed by atoms with Gasteiger partial charge >= 0.3 is 0 Å². The monoisotopic (exact) mass is 421 g/mol. The summed E-state index contributed by atoms with van der Waals surface area (Å²) in [4.78, 5) is 28.3. The van der Waals surface area contributed by atoms with Crippen molar-refractivity contribution in [2.45, 2.75) is 25.8 Å². The van der Waals surface area contributed by atoms with Crippen molar-refractivity contribution in [2.24, 2.45) is 0 Å². The Hall–Kier alpha value is -3.61. The molecule has 0 radical (unpaired) electrons. The minimum absolute atomic E-state index is 0.138. The van der Waals surface area contributed by atoms with E-state index in [-0.39, 0.29) is 18.2 Å². The number of ether oxygens (including phenoxy) is 2. The third-order valence-electron chi connectivity index (χ3n) is 4.78. The van der Waals surface area contributed by atoms with E-state index >= 15 is 0 Å². The molecule has 7 heteroatoms. The van der Waals surface area contributed by atoms with Crippen LogP contribution in [0, 0.1) is 0 Å². The molecule has 0 aliphatic heterocycles. The fourth-order valence-corrected chi connectivity index (χ4v) is 3.27. The number of hydrogen-bond donors (Lipinski definition) is 2. The van der Waals surface area contributed by atoms with Crippen LogP contribution in [0.25, 0.3) is 10.9 Å². The third kappa shape index (κ3) is 6.44. The largest absolute Gasteiger partial charge is 0.497 e. The maximum absolute atomic E-state index is 12.4. The Balaban J connectivity index is 1.46. The van der Waals surface area contributed by atoms with Crippen LogP contribution in [0.2, 0.25) is 0 Å². The molecule has 0 spiro atoms. The summed E-state index contributed by atoms with van der Waals surface area (Å²) in [6.45, 7) is 2.38. The van der Waals surface area contributed by atoms with Gasteiger partial charge in [-0.25, -0.2) is 0 Å². The SMILES string of the molecule is COc1ccc(C(CC(=O)NCCCOc2cccc3cccnc23)NC(C)=O)cc1. The first-order valence-electron chi connectivity index (χ1n) is 10.2. The van der Waals surface area contributed by atoms with Gasteiger partial charge in [0.05, 0.1) is 26.2 Å². The second-order valence-electron chi connectivity index (χ2n) is 7.11. The molecule has 1 atom stereocenters. The van der Waals surface area contributed by atoms with Crippen LogP contribution in [0.5, 0.6) is 11.5 Å². The van der Waals surface area contributed by atoms with Crippen molar-refractivity contribution in [3.8, 4) is 11.5 Å². The van der Waals surface area contributed by atoms with E-state index < -0.39 is 6.04 Å². The zero-order chi connectivity index (χ0) is 22.1. The Kier molecular flexibility index (Phi) is 7.81. The number of carbonyl (C=O) groups excluding carboxylic acids is 2. The summed E-state index contributed by atoms with van der Waals surface area (Å²) in [5, 5.41) is 6.75. The summed E-state index contributed by atoms with van der Waals surface area (Å²) in [7, 11) is 1.59. The number of rotatable bonds is 10. The molecule has 2 aromatic carbocycles. The second-order valence-corrected chi connectivity index (χ2v) is 7.11. The third-order valence-corrected chi connectivity index (χ3v) is 4.78. The van der Waals surface area contributed by atoms with E-state index in [0.717, 1.165) is 28.0 Å². The maximum Gasteiger partial charge on any atom is 0.222 e. The Bertz CT molecular complexity index is 1020. The number of amides is 2. The van der Waals surface area contributed by atoms with Crippen LogP contribution < -0.4 is 20.1 Å². The number of para-hydroxylation sites is 1. The predicted octanol–water partition coefficient (Wildman–Crippen LogP) is 3.40. The zero-order valence-corrected chi connectivity index (χ0v) is 17.8. The van der Waals surface area contributed by atoms with Gasteiger partial charge in [0.2, 0.25) is 11.8 Å². The molecule has 1 unspecified atom stereocenters. The van der Waals surface area contributed by atoms with Gasteiger partial charge in [-0.05, 0) is 36.2 Å². The molecule has 2 amide bonds. The van der Waals surface area contributed by atoms with Gasteiger partial charge in [0.1, 0.15) is 17.0 Å². The summed E-state index contributed by atoms with van der Waals surface area (Å²) in [6, 6.07) is 16.6. The smallest absolute Gasteiger partial charge is 0.222 e. The number of benzene rings is 2. The molecule has 0 aliphatic rings.